The quantitative estimate of drug-likeness (QED) is 0.627. The van der Waals surface area contributed by atoms with Gasteiger partial charge in [0.25, 0.3) is 0 Å². The second-order valence-electron chi connectivity index (χ2n) is 6.15. The minimum atomic E-state index is -4.56. The second kappa shape index (κ2) is 8.31. The summed E-state index contributed by atoms with van der Waals surface area (Å²) in [5.41, 5.74) is -0.517. The van der Waals surface area contributed by atoms with E-state index in [0.717, 1.165) is 22.5 Å². The van der Waals surface area contributed by atoms with Crippen molar-refractivity contribution in [2.45, 2.75) is 12.7 Å². The van der Waals surface area contributed by atoms with Gasteiger partial charge in [0.15, 0.2) is 5.82 Å². The summed E-state index contributed by atoms with van der Waals surface area (Å²) in [5, 5.41) is 26.9. The monoisotopic (exact) mass is 406 g/mol. The minimum Gasteiger partial charge on any atom is -0.476 e. The fourth-order valence-electron chi connectivity index (χ4n) is 2.76. The van der Waals surface area contributed by atoms with Gasteiger partial charge >= 0.3 is 12.1 Å². The molecule has 1 heterocycles. The van der Waals surface area contributed by atoms with Gasteiger partial charge in [-0.25, -0.2) is 4.79 Å². The number of aliphatic hydroxyl groups is 1. The Bertz CT molecular complexity index is 990. The van der Waals surface area contributed by atoms with Gasteiger partial charge in [0, 0.05) is 13.1 Å². The summed E-state index contributed by atoms with van der Waals surface area (Å²) >= 11 is 0. The van der Waals surface area contributed by atoms with Gasteiger partial charge in [-0.1, -0.05) is 36.4 Å². The van der Waals surface area contributed by atoms with Crippen molar-refractivity contribution in [2.24, 2.45) is 0 Å². The number of nitrogens with zero attached hydrogens (tertiary/aromatic N) is 4. The van der Waals surface area contributed by atoms with Crippen LogP contribution in [0.4, 0.5) is 19.0 Å². The van der Waals surface area contributed by atoms with Crippen molar-refractivity contribution in [3.05, 3.63) is 71.4 Å². The zero-order valence-electron chi connectivity index (χ0n) is 15.0. The lowest BCUT2D eigenvalue weighted by molar-refractivity contribution is -0.137. The molecule has 0 amide bonds. The average molecular weight is 406 g/mol. The molecule has 2 aromatic carbocycles. The van der Waals surface area contributed by atoms with Crippen molar-refractivity contribution in [2.75, 3.05) is 18.1 Å². The summed E-state index contributed by atoms with van der Waals surface area (Å²) in [4.78, 5) is 14.0. The largest absolute Gasteiger partial charge is 0.476 e. The average Bonchev–Trinajstić information content (AvgIpc) is 3.14. The van der Waals surface area contributed by atoms with Crippen molar-refractivity contribution >= 4 is 11.8 Å². The first-order chi connectivity index (χ1) is 13.8. The molecule has 0 saturated heterocycles. The highest BCUT2D eigenvalue weighted by Crippen LogP contribution is 2.30. The van der Waals surface area contributed by atoms with Crippen molar-refractivity contribution in [3.8, 4) is 5.69 Å². The smallest absolute Gasteiger partial charge is 0.416 e. The number of hydrogen-bond acceptors (Lipinski definition) is 5. The molecular weight excluding hydrogens is 389 g/mol. The predicted octanol–water partition coefficient (Wildman–Crippen LogP) is 2.98. The summed E-state index contributed by atoms with van der Waals surface area (Å²) in [6.45, 7) is 0.0295. The van der Waals surface area contributed by atoms with Crippen molar-refractivity contribution in [1.82, 2.24) is 15.0 Å². The van der Waals surface area contributed by atoms with Crippen LogP contribution in [0.3, 0.4) is 0 Å². The molecule has 7 nitrogen and oxygen atoms in total. The van der Waals surface area contributed by atoms with E-state index in [9.17, 15) is 28.2 Å². The summed E-state index contributed by atoms with van der Waals surface area (Å²) in [6, 6.07) is 13.4. The van der Waals surface area contributed by atoms with Gasteiger partial charge in [0.2, 0.25) is 5.69 Å². The van der Waals surface area contributed by atoms with Gasteiger partial charge in [-0.3, -0.25) is 0 Å². The molecule has 0 spiro atoms. The van der Waals surface area contributed by atoms with Crippen LogP contribution in [-0.4, -0.2) is 44.3 Å². The van der Waals surface area contributed by atoms with Gasteiger partial charge in [0.05, 0.1) is 17.9 Å². The van der Waals surface area contributed by atoms with E-state index in [-0.39, 0.29) is 31.2 Å². The molecule has 0 bridgehead atoms. The van der Waals surface area contributed by atoms with Crippen LogP contribution in [0, 0.1) is 0 Å². The molecule has 3 rings (SSSR count). The third-order valence-corrected chi connectivity index (χ3v) is 4.09. The summed E-state index contributed by atoms with van der Waals surface area (Å²) in [5.74, 6) is -1.43. The van der Waals surface area contributed by atoms with E-state index in [1.165, 1.54) is 17.0 Å². The Hall–Kier alpha value is -3.40. The highest BCUT2D eigenvalue weighted by molar-refractivity contribution is 5.91. The van der Waals surface area contributed by atoms with E-state index in [1.807, 2.05) is 30.3 Å². The van der Waals surface area contributed by atoms with Gasteiger partial charge in [0.1, 0.15) is 0 Å². The normalized spacial score (nSPS) is 11.4. The molecule has 0 aliphatic rings. The third-order valence-electron chi connectivity index (χ3n) is 4.09. The Morgan fingerprint density at radius 2 is 1.79 bits per heavy atom. The summed E-state index contributed by atoms with van der Waals surface area (Å²) in [6.07, 6.45) is -4.56. The van der Waals surface area contributed by atoms with Crippen molar-refractivity contribution in [1.29, 1.82) is 0 Å². The molecule has 10 heteroatoms. The molecule has 0 saturated carbocycles. The lowest BCUT2D eigenvalue weighted by Crippen LogP contribution is -2.28. The molecular formula is C19H17F3N4O3. The minimum absolute atomic E-state index is 0.0303. The van der Waals surface area contributed by atoms with Gasteiger partial charge < -0.3 is 15.1 Å². The summed E-state index contributed by atoms with van der Waals surface area (Å²) < 4.78 is 39.0. The number of aromatic nitrogens is 3. The predicted molar refractivity (Wildman–Crippen MR) is 97.9 cm³/mol. The van der Waals surface area contributed by atoms with E-state index in [1.54, 1.807) is 0 Å². The third kappa shape index (κ3) is 4.72. The Kier molecular flexibility index (Phi) is 5.83. The van der Waals surface area contributed by atoms with E-state index >= 15 is 0 Å². The molecule has 3 aromatic rings. The van der Waals surface area contributed by atoms with Crippen LogP contribution in [-0.2, 0) is 12.7 Å². The number of halogens is 3. The van der Waals surface area contributed by atoms with Crippen LogP contribution < -0.4 is 4.90 Å². The molecule has 0 fully saturated rings. The maximum atomic E-state index is 13.0. The fourth-order valence-corrected chi connectivity index (χ4v) is 2.76. The first-order valence-electron chi connectivity index (χ1n) is 8.57. The summed E-state index contributed by atoms with van der Waals surface area (Å²) in [7, 11) is 0. The van der Waals surface area contributed by atoms with Crippen molar-refractivity contribution < 1.29 is 28.2 Å². The van der Waals surface area contributed by atoms with E-state index < -0.39 is 23.4 Å². The van der Waals surface area contributed by atoms with Crippen LogP contribution in [0.1, 0.15) is 21.6 Å². The molecule has 152 valence electrons. The number of rotatable bonds is 7. The number of carbonyl (C=O) groups is 1. The molecule has 2 N–H and O–H groups in total. The van der Waals surface area contributed by atoms with Gasteiger partial charge in [-0.15, -0.1) is 15.0 Å². The number of carboxylic acid groups (broad SMARTS) is 1. The molecule has 0 aliphatic carbocycles. The van der Waals surface area contributed by atoms with Crippen LogP contribution in [0.2, 0.25) is 0 Å². The van der Waals surface area contributed by atoms with Crippen LogP contribution in [0.5, 0.6) is 0 Å². The molecule has 0 atom stereocenters. The zero-order chi connectivity index (χ0) is 21.0. The number of benzene rings is 2. The van der Waals surface area contributed by atoms with Crippen LogP contribution >= 0.6 is 0 Å². The van der Waals surface area contributed by atoms with E-state index in [2.05, 4.69) is 10.2 Å². The second-order valence-corrected chi connectivity index (χ2v) is 6.15. The van der Waals surface area contributed by atoms with Gasteiger partial charge in [-0.2, -0.15) is 13.2 Å². The zero-order valence-corrected chi connectivity index (χ0v) is 15.0. The van der Waals surface area contributed by atoms with E-state index in [0.29, 0.717) is 0 Å². The molecule has 0 unspecified atom stereocenters. The Morgan fingerprint density at radius 3 is 2.41 bits per heavy atom. The lowest BCUT2D eigenvalue weighted by atomic mass is 10.2. The SMILES string of the molecule is O=C(O)c1nn(-c2cccc(C(F)(F)F)c2)nc1N(CCO)Cc1ccccc1. The topological polar surface area (TPSA) is 91.5 Å². The number of anilines is 1. The molecule has 1 aromatic heterocycles. The number of carboxylic acids is 1. The van der Waals surface area contributed by atoms with Gasteiger partial charge in [-0.05, 0) is 23.8 Å². The first-order valence-corrected chi connectivity index (χ1v) is 8.57. The van der Waals surface area contributed by atoms with Crippen molar-refractivity contribution in [3.63, 3.8) is 0 Å². The van der Waals surface area contributed by atoms with Crippen LogP contribution in [0.25, 0.3) is 5.69 Å². The highest BCUT2D eigenvalue weighted by atomic mass is 19.4. The maximum Gasteiger partial charge on any atom is 0.416 e. The standard InChI is InChI=1S/C19H17F3N4O3/c20-19(21,22)14-7-4-8-15(11-14)26-23-16(18(28)29)17(24-26)25(9-10-27)12-13-5-2-1-3-6-13/h1-8,11,27H,9-10,12H2,(H,28,29). The highest BCUT2D eigenvalue weighted by Gasteiger charge is 2.31. The number of aromatic carboxylic acids is 1. The maximum absolute atomic E-state index is 13.0. The Balaban J connectivity index is 2.03. The molecule has 0 aliphatic heterocycles. The fraction of sp³-hybridized carbons (Fsp3) is 0.211. The number of alkyl halides is 3. The molecule has 0 radical (unpaired) electrons. The number of hydrogen-bond donors (Lipinski definition) is 2. The van der Waals surface area contributed by atoms with E-state index in [4.69, 9.17) is 0 Å². The first kappa shape index (κ1) is 20.3. The molecule has 29 heavy (non-hydrogen) atoms. The van der Waals surface area contributed by atoms with Crippen LogP contribution in [0.15, 0.2) is 54.6 Å². The Morgan fingerprint density at radius 1 is 1.07 bits per heavy atom. The number of aliphatic hydroxyl groups excluding tert-OH is 1. The Labute approximate surface area is 163 Å². The lowest BCUT2D eigenvalue weighted by Gasteiger charge is -2.21.